The summed E-state index contributed by atoms with van der Waals surface area (Å²) in [6.07, 6.45) is -0.178. The third-order valence-electron chi connectivity index (χ3n) is 6.00. The molecule has 1 N–H and O–H groups in total. The number of carbonyl (C=O) groups is 2. The second kappa shape index (κ2) is 10.1. The van der Waals surface area contributed by atoms with Crippen molar-refractivity contribution in [1.29, 1.82) is 0 Å². The van der Waals surface area contributed by atoms with Crippen LogP contribution < -0.4 is 10.9 Å². The van der Waals surface area contributed by atoms with Crippen LogP contribution in [0.3, 0.4) is 0 Å². The van der Waals surface area contributed by atoms with Gasteiger partial charge in [0.15, 0.2) is 0 Å². The molecule has 0 atom stereocenters. The van der Waals surface area contributed by atoms with Gasteiger partial charge in [0, 0.05) is 23.4 Å². The number of para-hydroxylation sites is 1. The molecule has 2 heterocycles. The molecule has 182 valence electrons. The van der Waals surface area contributed by atoms with Crippen LogP contribution in [0.1, 0.15) is 29.3 Å². The van der Waals surface area contributed by atoms with Gasteiger partial charge in [0.25, 0.3) is 5.56 Å². The summed E-state index contributed by atoms with van der Waals surface area (Å²) in [5, 5.41) is 2.90. The number of benzene rings is 2. The molecule has 0 unspecified atom stereocenters. The fraction of sp³-hybridized carbons (Fsp3) is 0.308. The van der Waals surface area contributed by atoms with Crippen molar-refractivity contribution in [2.24, 2.45) is 0 Å². The van der Waals surface area contributed by atoms with E-state index in [9.17, 15) is 18.8 Å². The summed E-state index contributed by atoms with van der Waals surface area (Å²) < 4.78 is 20.0. The zero-order valence-corrected chi connectivity index (χ0v) is 19.9. The number of hydrogen-bond acceptors (Lipinski definition) is 5. The highest BCUT2D eigenvalue weighted by Gasteiger charge is 2.27. The molecule has 0 fully saturated rings. The molecule has 4 rings (SSSR count). The van der Waals surface area contributed by atoms with E-state index in [-0.39, 0.29) is 37.0 Å². The van der Waals surface area contributed by atoms with Gasteiger partial charge in [0.05, 0.1) is 18.8 Å². The number of aromatic nitrogens is 2. The first-order valence-corrected chi connectivity index (χ1v) is 11.4. The van der Waals surface area contributed by atoms with Crippen molar-refractivity contribution in [2.45, 2.75) is 40.3 Å². The van der Waals surface area contributed by atoms with E-state index in [0.717, 1.165) is 11.1 Å². The van der Waals surface area contributed by atoms with Gasteiger partial charge >= 0.3 is 6.09 Å². The van der Waals surface area contributed by atoms with Crippen molar-refractivity contribution in [3.63, 3.8) is 0 Å². The Labute approximate surface area is 202 Å². The van der Waals surface area contributed by atoms with Crippen LogP contribution in [-0.4, -0.2) is 39.6 Å². The van der Waals surface area contributed by atoms with Crippen molar-refractivity contribution in [2.75, 3.05) is 18.5 Å². The van der Waals surface area contributed by atoms with Crippen LogP contribution in [-0.2, 0) is 29.0 Å². The Morgan fingerprint density at radius 1 is 1.11 bits per heavy atom. The summed E-state index contributed by atoms with van der Waals surface area (Å²) >= 11 is 0. The number of rotatable bonds is 5. The average Bonchev–Trinajstić information content (AvgIpc) is 2.83. The number of hydrogen-bond donors (Lipinski definition) is 1. The van der Waals surface area contributed by atoms with Crippen molar-refractivity contribution < 1.29 is 18.7 Å². The molecular formula is C26H27FN4O4. The molecule has 0 saturated heterocycles. The largest absolute Gasteiger partial charge is 0.450 e. The maximum atomic E-state index is 13.6. The molecule has 0 saturated carbocycles. The number of carbonyl (C=O) groups excluding carboxylic acids is 2. The first kappa shape index (κ1) is 24.1. The van der Waals surface area contributed by atoms with Gasteiger partial charge in [-0.15, -0.1) is 0 Å². The smallest absolute Gasteiger partial charge is 0.410 e. The molecule has 1 aliphatic rings. The molecule has 35 heavy (non-hydrogen) atoms. The minimum Gasteiger partial charge on any atom is -0.450 e. The molecule has 0 radical (unpaired) electrons. The highest BCUT2D eigenvalue weighted by atomic mass is 19.1. The molecule has 0 spiro atoms. The van der Waals surface area contributed by atoms with E-state index < -0.39 is 11.9 Å². The molecule has 8 nitrogen and oxygen atoms in total. The fourth-order valence-corrected chi connectivity index (χ4v) is 4.20. The second-order valence-electron chi connectivity index (χ2n) is 8.44. The molecular weight excluding hydrogens is 451 g/mol. The highest BCUT2D eigenvalue weighted by molar-refractivity contribution is 5.92. The first-order chi connectivity index (χ1) is 16.8. The number of fused-ring (bicyclic) bond motifs is 1. The molecule has 3 aromatic rings. The number of anilines is 1. The third-order valence-corrected chi connectivity index (χ3v) is 6.00. The van der Waals surface area contributed by atoms with Crippen LogP contribution in [0.4, 0.5) is 14.9 Å². The molecule has 9 heteroatoms. The average molecular weight is 479 g/mol. The van der Waals surface area contributed by atoms with E-state index >= 15 is 0 Å². The van der Waals surface area contributed by atoms with Crippen molar-refractivity contribution in [3.8, 4) is 11.4 Å². The zero-order valence-electron chi connectivity index (χ0n) is 19.9. The van der Waals surface area contributed by atoms with Gasteiger partial charge in [-0.1, -0.05) is 18.2 Å². The monoisotopic (exact) mass is 478 g/mol. The molecule has 1 aliphatic heterocycles. The van der Waals surface area contributed by atoms with Crippen molar-refractivity contribution in [1.82, 2.24) is 14.5 Å². The standard InChI is InChI=1S/C26H27FN4O4/c1-4-35-26(34)30-13-12-20-21(14-30)28-24(18-8-10-19(27)11-9-18)31(25(20)33)15-22(32)29-23-16(2)6-5-7-17(23)3/h5-11H,4,12-15H2,1-3H3,(H,29,32). The maximum absolute atomic E-state index is 13.6. The van der Waals surface area contributed by atoms with Crippen LogP contribution in [0.5, 0.6) is 0 Å². The Bertz CT molecular complexity index is 1310. The molecule has 2 aromatic carbocycles. The predicted molar refractivity (Wildman–Crippen MR) is 130 cm³/mol. The minimum atomic E-state index is -0.472. The van der Waals surface area contributed by atoms with Gasteiger partial charge < -0.3 is 15.0 Å². The fourth-order valence-electron chi connectivity index (χ4n) is 4.20. The lowest BCUT2D eigenvalue weighted by molar-refractivity contribution is -0.116. The molecule has 0 bridgehead atoms. The van der Waals surface area contributed by atoms with E-state index in [1.807, 2.05) is 32.0 Å². The number of nitrogens with zero attached hydrogens (tertiary/aromatic N) is 3. The minimum absolute atomic E-state index is 0.118. The lowest BCUT2D eigenvalue weighted by atomic mass is 10.1. The Morgan fingerprint density at radius 2 is 1.80 bits per heavy atom. The van der Waals surface area contributed by atoms with E-state index in [4.69, 9.17) is 4.74 Å². The number of nitrogens with one attached hydrogen (secondary N) is 1. The maximum Gasteiger partial charge on any atom is 0.410 e. The van der Waals surface area contributed by atoms with Crippen LogP contribution in [0, 0.1) is 19.7 Å². The summed E-state index contributed by atoms with van der Waals surface area (Å²) in [5.74, 6) is -0.573. The van der Waals surface area contributed by atoms with Crippen LogP contribution in [0.2, 0.25) is 0 Å². The van der Waals surface area contributed by atoms with Crippen LogP contribution in [0.15, 0.2) is 47.3 Å². The van der Waals surface area contributed by atoms with Crippen molar-refractivity contribution in [3.05, 3.63) is 81.0 Å². The SMILES string of the molecule is CCOC(=O)N1CCc2c(nc(-c3ccc(F)cc3)n(CC(=O)Nc3c(C)cccc3C)c2=O)C1. The molecule has 1 aromatic heterocycles. The van der Waals surface area contributed by atoms with E-state index in [0.29, 0.717) is 35.5 Å². The normalized spacial score (nSPS) is 12.7. The van der Waals surface area contributed by atoms with E-state index in [1.165, 1.54) is 33.7 Å². The highest BCUT2D eigenvalue weighted by Crippen LogP contribution is 2.23. The Hall–Kier alpha value is -4.01. The van der Waals surface area contributed by atoms with Gasteiger partial charge in [-0.25, -0.2) is 14.2 Å². The zero-order chi connectivity index (χ0) is 25.1. The van der Waals surface area contributed by atoms with Gasteiger partial charge in [-0.2, -0.15) is 0 Å². The predicted octanol–water partition coefficient (Wildman–Crippen LogP) is 3.82. The molecule has 0 aliphatic carbocycles. The number of halogens is 1. The van der Waals surface area contributed by atoms with Gasteiger partial charge in [0.1, 0.15) is 18.2 Å². The Balaban J connectivity index is 1.73. The summed E-state index contributed by atoms with van der Waals surface area (Å²) in [5.41, 5.74) is 3.55. The summed E-state index contributed by atoms with van der Waals surface area (Å²) in [7, 11) is 0. The van der Waals surface area contributed by atoms with E-state index in [1.54, 1.807) is 6.92 Å². The third kappa shape index (κ3) is 5.08. The first-order valence-electron chi connectivity index (χ1n) is 11.4. The number of aryl methyl sites for hydroxylation is 2. The van der Waals surface area contributed by atoms with E-state index in [2.05, 4.69) is 10.3 Å². The van der Waals surface area contributed by atoms with Gasteiger partial charge in [-0.05, 0) is 62.6 Å². The Kier molecular flexibility index (Phi) is 6.95. The van der Waals surface area contributed by atoms with Crippen LogP contribution in [0.25, 0.3) is 11.4 Å². The number of amides is 2. The Morgan fingerprint density at radius 3 is 2.46 bits per heavy atom. The topological polar surface area (TPSA) is 93.5 Å². The number of ether oxygens (including phenoxy) is 1. The summed E-state index contributed by atoms with van der Waals surface area (Å²) in [4.78, 5) is 45.0. The molecule has 2 amide bonds. The second-order valence-corrected chi connectivity index (χ2v) is 8.44. The van der Waals surface area contributed by atoms with Gasteiger partial charge in [0.2, 0.25) is 5.91 Å². The lowest BCUT2D eigenvalue weighted by Crippen LogP contribution is -2.42. The van der Waals surface area contributed by atoms with Gasteiger partial charge in [-0.3, -0.25) is 14.2 Å². The summed E-state index contributed by atoms with van der Waals surface area (Å²) in [6, 6.07) is 11.3. The van der Waals surface area contributed by atoms with Crippen LogP contribution >= 0.6 is 0 Å². The lowest BCUT2D eigenvalue weighted by Gasteiger charge is -2.28. The van der Waals surface area contributed by atoms with Crippen molar-refractivity contribution >= 4 is 17.7 Å². The summed E-state index contributed by atoms with van der Waals surface area (Å²) in [6.45, 7) is 5.93. The quantitative estimate of drug-likeness (QED) is 0.602.